The van der Waals surface area contributed by atoms with Crippen LogP contribution in [0.5, 0.6) is 11.5 Å². The number of hydrogen-bond donors (Lipinski definition) is 0. The topological polar surface area (TPSA) is 36.9 Å². The van der Waals surface area contributed by atoms with Gasteiger partial charge in [0.15, 0.2) is 0 Å². The van der Waals surface area contributed by atoms with E-state index in [0.717, 1.165) is 11.0 Å². The van der Waals surface area contributed by atoms with Crippen molar-refractivity contribution in [2.24, 2.45) is 0 Å². The van der Waals surface area contributed by atoms with Crippen molar-refractivity contribution in [3.8, 4) is 11.5 Å². The Morgan fingerprint density at radius 2 is 1.32 bits per heavy atom. The maximum Gasteiger partial charge on any atom is 0.573 e. The largest absolute Gasteiger partial charge is 0.573 e. The second-order valence-corrected chi connectivity index (χ2v) is 7.64. The molecule has 150 valence electrons. The molecule has 0 saturated carbocycles. The molecule has 0 aliphatic carbocycles. The normalized spacial score (nSPS) is 18.2. The highest BCUT2D eigenvalue weighted by Crippen LogP contribution is 2.36. The Hall–Kier alpha value is -2.19. The molecule has 0 N–H and O–H groups in total. The first-order chi connectivity index (χ1) is 13.0. The van der Waals surface area contributed by atoms with E-state index in [2.05, 4.69) is 4.74 Å². The van der Waals surface area contributed by atoms with Crippen LogP contribution in [0.25, 0.3) is 0 Å². The maximum absolute atomic E-state index is 12.2. The van der Waals surface area contributed by atoms with Gasteiger partial charge in [-0.15, -0.1) is 13.2 Å². The predicted octanol–water partition coefficient (Wildman–Crippen LogP) is 4.46. The molecule has 1 fully saturated rings. The quantitative estimate of drug-likeness (QED) is 0.702. The minimum absolute atomic E-state index is 0.224. The van der Waals surface area contributed by atoms with Gasteiger partial charge in [-0.2, -0.15) is 0 Å². The Morgan fingerprint density at radius 1 is 0.821 bits per heavy atom. The van der Waals surface area contributed by atoms with E-state index < -0.39 is 24.7 Å². The molecule has 1 aliphatic heterocycles. The summed E-state index contributed by atoms with van der Waals surface area (Å²) in [7, 11) is -0.444. The molecule has 3 rings (SSSR count). The minimum atomic E-state index is -4.70. The van der Waals surface area contributed by atoms with Gasteiger partial charge in [0, 0.05) is 0 Å². The number of hydrogen-bond acceptors (Lipinski definition) is 4. The van der Waals surface area contributed by atoms with Gasteiger partial charge in [0.1, 0.15) is 18.1 Å². The summed E-state index contributed by atoms with van der Waals surface area (Å²) in [6.45, 7) is 8.21. The molecule has 28 heavy (non-hydrogen) atoms. The fourth-order valence-electron chi connectivity index (χ4n) is 2.65. The second kappa shape index (κ2) is 7.33. The summed E-state index contributed by atoms with van der Waals surface area (Å²) < 4.78 is 58.1. The van der Waals surface area contributed by atoms with Gasteiger partial charge < -0.3 is 18.8 Å². The molecule has 8 heteroatoms. The van der Waals surface area contributed by atoms with Gasteiger partial charge in [0.25, 0.3) is 0 Å². The molecule has 2 aromatic rings. The van der Waals surface area contributed by atoms with Crippen LogP contribution in [-0.2, 0) is 15.9 Å². The summed E-state index contributed by atoms with van der Waals surface area (Å²) in [5.74, 6) is 0.374. The van der Waals surface area contributed by atoms with Gasteiger partial charge in [-0.1, -0.05) is 24.3 Å². The number of halogens is 3. The molecule has 1 aliphatic rings. The summed E-state index contributed by atoms with van der Waals surface area (Å²) >= 11 is 0. The van der Waals surface area contributed by atoms with Crippen LogP contribution in [0.3, 0.4) is 0 Å². The molecule has 1 saturated heterocycles. The van der Waals surface area contributed by atoms with Crippen molar-refractivity contribution in [3.05, 3.63) is 54.1 Å². The molecular weight excluding hydrogens is 372 g/mol. The third kappa shape index (κ3) is 4.80. The number of benzene rings is 2. The van der Waals surface area contributed by atoms with Crippen molar-refractivity contribution in [1.82, 2.24) is 0 Å². The highest BCUT2D eigenvalue weighted by molar-refractivity contribution is 6.62. The monoisotopic (exact) mass is 394 g/mol. The van der Waals surface area contributed by atoms with Gasteiger partial charge in [-0.25, -0.2) is 0 Å². The molecule has 0 aromatic heterocycles. The lowest BCUT2D eigenvalue weighted by molar-refractivity contribution is -0.274. The van der Waals surface area contributed by atoms with Crippen molar-refractivity contribution < 1.29 is 32.0 Å². The summed E-state index contributed by atoms with van der Waals surface area (Å²) in [5, 5.41) is 0. The third-order valence-corrected chi connectivity index (χ3v) is 4.97. The van der Waals surface area contributed by atoms with Crippen molar-refractivity contribution in [1.29, 1.82) is 0 Å². The summed E-state index contributed by atoms with van der Waals surface area (Å²) in [6.07, 6.45) is -4.70. The van der Waals surface area contributed by atoms with E-state index in [9.17, 15) is 13.2 Å². The Kier molecular flexibility index (Phi) is 5.38. The molecule has 0 radical (unpaired) electrons. The molecule has 4 nitrogen and oxygen atoms in total. The first kappa shape index (κ1) is 20.5. The average molecular weight is 394 g/mol. The second-order valence-electron chi connectivity index (χ2n) is 7.64. The van der Waals surface area contributed by atoms with Gasteiger partial charge in [-0.3, -0.25) is 0 Å². The molecule has 0 amide bonds. The highest BCUT2D eigenvalue weighted by atomic mass is 19.4. The van der Waals surface area contributed by atoms with Crippen molar-refractivity contribution >= 4 is 12.6 Å². The Labute approximate surface area is 162 Å². The van der Waals surface area contributed by atoms with Gasteiger partial charge in [0.05, 0.1) is 11.2 Å². The fraction of sp³-hybridized carbons (Fsp3) is 0.400. The van der Waals surface area contributed by atoms with E-state index in [4.69, 9.17) is 14.0 Å². The van der Waals surface area contributed by atoms with E-state index in [1.807, 2.05) is 52.0 Å². The van der Waals surface area contributed by atoms with Crippen molar-refractivity contribution in [2.75, 3.05) is 0 Å². The van der Waals surface area contributed by atoms with Crippen LogP contribution in [0.1, 0.15) is 33.3 Å². The molecule has 0 bridgehead atoms. The molecule has 2 aromatic carbocycles. The fourth-order valence-corrected chi connectivity index (χ4v) is 2.65. The summed E-state index contributed by atoms with van der Waals surface area (Å²) in [5.41, 5.74) is 0.799. The Morgan fingerprint density at radius 3 is 1.82 bits per heavy atom. The van der Waals surface area contributed by atoms with Crippen LogP contribution in [0, 0.1) is 0 Å². The zero-order chi connectivity index (χ0) is 20.6. The standard InChI is InChI=1S/C20H22BF3O4/c1-18(2)19(3,4)28-21(27-18)15-7-11-16(12-8-15)25-13-14-5-9-17(10-6-14)26-20(22,23)24/h5-12H,13H2,1-4H3. The van der Waals surface area contributed by atoms with Crippen LogP contribution >= 0.6 is 0 Å². The Balaban J connectivity index is 1.57. The van der Waals surface area contributed by atoms with Crippen LogP contribution in [-0.4, -0.2) is 24.7 Å². The molecule has 1 heterocycles. The average Bonchev–Trinajstić information content (AvgIpc) is 2.81. The molecule has 0 atom stereocenters. The van der Waals surface area contributed by atoms with E-state index in [1.165, 1.54) is 24.3 Å². The summed E-state index contributed by atoms with van der Waals surface area (Å²) in [4.78, 5) is 0. The molecule has 0 unspecified atom stereocenters. The van der Waals surface area contributed by atoms with Gasteiger partial charge >= 0.3 is 13.5 Å². The highest BCUT2D eigenvalue weighted by Gasteiger charge is 2.51. The molecule has 0 spiro atoms. The lowest BCUT2D eigenvalue weighted by Crippen LogP contribution is -2.41. The van der Waals surface area contributed by atoms with Gasteiger partial charge in [0.2, 0.25) is 0 Å². The van der Waals surface area contributed by atoms with Gasteiger partial charge in [-0.05, 0) is 63.0 Å². The smallest absolute Gasteiger partial charge is 0.489 e. The van der Waals surface area contributed by atoms with Crippen LogP contribution in [0.15, 0.2) is 48.5 Å². The number of alkyl halides is 3. The SMILES string of the molecule is CC1(C)OB(c2ccc(OCc3ccc(OC(F)(F)F)cc3)cc2)OC1(C)C. The van der Waals surface area contributed by atoms with Crippen LogP contribution < -0.4 is 14.9 Å². The van der Waals surface area contributed by atoms with E-state index >= 15 is 0 Å². The summed E-state index contributed by atoms with van der Waals surface area (Å²) in [6, 6.07) is 12.9. The van der Waals surface area contributed by atoms with E-state index in [0.29, 0.717) is 5.75 Å². The van der Waals surface area contributed by atoms with Crippen molar-refractivity contribution in [3.63, 3.8) is 0 Å². The zero-order valence-electron chi connectivity index (χ0n) is 16.2. The number of rotatable bonds is 5. The zero-order valence-corrected chi connectivity index (χ0v) is 16.2. The first-order valence-electron chi connectivity index (χ1n) is 8.88. The predicted molar refractivity (Wildman–Crippen MR) is 99.6 cm³/mol. The first-order valence-corrected chi connectivity index (χ1v) is 8.88. The third-order valence-electron chi connectivity index (χ3n) is 4.97. The maximum atomic E-state index is 12.2. The lowest BCUT2D eigenvalue weighted by atomic mass is 9.79. The van der Waals surface area contributed by atoms with Crippen molar-refractivity contribution in [2.45, 2.75) is 51.9 Å². The number of ether oxygens (including phenoxy) is 2. The minimum Gasteiger partial charge on any atom is -0.489 e. The lowest BCUT2D eigenvalue weighted by Gasteiger charge is -2.32. The van der Waals surface area contributed by atoms with E-state index in [1.54, 1.807) is 0 Å². The Bertz CT molecular complexity index is 786. The van der Waals surface area contributed by atoms with E-state index in [-0.39, 0.29) is 12.4 Å². The van der Waals surface area contributed by atoms with Crippen LogP contribution in [0.4, 0.5) is 13.2 Å². The molecular formula is C20H22BF3O4. The van der Waals surface area contributed by atoms with Crippen LogP contribution in [0.2, 0.25) is 0 Å².